The molecule has 1 amide bonds. The molecule has 1 aliphatic rings. The largest absolute Gasteiger partial charge is 0.480 e. The van der Waals surface area contributed by atoms with Crippen LogP contribution in [0.25, 0.3) is 0 Å². The zero-order chi connectivity index (χ0) is 11.5. The maximum atomic E-state index is 12.0. The number of nitrogens with zero attached hydrogens (tertiary/aromatic N) is 1. The van der Waals surface area contributed by atoms with Gasteiger partial charge in [-0.15, -0.1) is 0 Å². The smallest absolute Gasteiger partial charge is 0.326 e. The monoisotopic (exact) mass is 218 g/mol. The van der Waals surface area contributed by atoms with Crippen molar-refractivity contribution in [3.8, 4) is 0 Å². The summed E-state index contributed by atoms with van der Waals surface area (Å²) in [5, 5.41) is 8.98. The van der Waals surface area contributed by atoms with Crippen LogP contribution in [-0.2, 0) is 4.79 Å². The lowest BCUT2D eigenvalue weighted by Gasteiger charge is -2.21. The van der Waals surface area contributed by atoms with Crippen molar-refractivity contribution in [3.05, 3.63) is 35.9 Å². The molecule has 4 heteroatoms. The van der Waals surface area contributed by atoms with Gasteiger partial charge in [0, 0.05) is 12.1 Å². The third kappa shape index (κ3) is 1.91. The molecule has 2 rings (SSSR count). The fourth-order valence-electron chi connectivity index (χ4n) is 1.96. The lowest BCUT2D eigenvalue weighted by atomic mass is 10.1. The molecular formula is C12H12NO3. The van der Waals surface area contributed by atoms with Crippen LogP contribution in [0.3, 0.4) is 0 Å². The van der Waals surface area contributed by atoms with Gasteiger partial charge in [0.1, 0.15) is 6.04 Å². The van der Waals surface area contributed by atoms with E-state index in [2.05, 4.69) is 6.07 Å². The first kappa shape index (κ1) is 10.7. The van der Waals surface area contributed by atoms with E-state index in [0.29, 0.717) is 18.5 Å². The fourth-order valence-corrected chi connectivity index (χ4v) is 1.96. The summed E-state index contributed by atoms with van der Waals surface area (Å²) in [6.45, 7) is 0.522. The second-order valence-corrected chi connectivity index (χ2v) is 3.78. The Labute approximate surface area is 93.5 Å². The van der Waals surface area contributed by atoms with Crippen LogP contribution in [0.1, 0.15) is 23.2 Å². The SMILES string of the molecule is O=C(O)[C@@H]1CCCN1C(=O)c1cc[c]cc1. The van der Waals surface area contributed by atoms with Crippen LogP contribution in [-0.4, -0.2) is 34.5 Å². The van der Waals surface area contributed by atoms with Crippen LogP contribution in [0.4, 0.5) is 0 Å². The molecule has 0 saturated carbocycles. The first-order valence-corrected chi connectivity index (χ1v) is 5.20. The van der Waals surface area contributed by atoms with Crippen molar-refractivity contribution in [1.29, 1.82) is 0 Å². The molecule has 1 aliphatic heterocycles. The molecule has 1 radical (unpaired) electrons. The molecule has 0 aromatic heterocycles. The summed E-state index contributed by atoms with van der Waals surface area (Å²) >= 11 is 0. The maximum Gasteiger partial charge on any atom is 0.326 e. The molecule has 1 N–H and O–H groups in total. The Balaban J connectivity index is 2.19. The Hall–Kier alpha value is -1.84. The first-order valence-electron chi connectivity index (χ1n) is 5.20. The van der Waals surface area contributed by atoms with Gasteiger partial charge in [0.05, 0.1) is 0 Å². The van der Waals surface area contributed by atoms with Gasteiger partial charge in [-0.25, -0.2) is 4.79 Å². The highest BCUT2D eigenvalue weighted by atomic mass is 16.4. The van der Waals surface area contributed by atoms with Gasteiger partial charge >= 0.3 is 5.97 Å². The normalized spacial score (nSPS) is 19.8. The number of hydrogen-bond donors (Lipinski definition) is 1. The van der Waals surface area contributed by atoms with E-state index in [9.17, 15) is 9.59 Å². The Kier molecular flexibility index (Phi) is 2.90. The molecule has 1 heterocycles. The van der Waals surface area contributed by atoms with Crippen LogP contribution in [0, 0.1) is 6.07 Å². The summed E-state index contributed by atoms with van der Waals surface area (Å²) in [5.41, 5.74) is 0.520. The molecule has 0 unspecified atom stereocenters. The van der Waals surface area contributed by atoms with Gasteiger partial charge in [-0.05, 0) is 31.0 Å². The number of carbonyl (C=O) groups is 2. The van der Waals surface area contributed by atoms with Crippen molar-refractivity contribution in [3.63, 3.8) is 0 Å². The van der Waals surface area contributed by atoms with E-state index >= 15 is 0 Å². The second kappa shape index (κ2) is 4.35. The molecule has 1 saturated heterocycles. The third-order valence-electron chi connectivity index (χ3n) is 2.76. The zero-order valence-corrected chi connectivity index (χ0v) is 8.72. The van der Waals surface area contributed by atoms with Gasteiger partial charge < -0.3 is 10.0 Å². The molecule has 83 valence electrons. The maximum absolute atomic E-state index is 12.0. The number of amides is 1. The Morgan fingerprint density at radius 3 is 2.69 bits per heavy atom. The van der Waals surface area contributed by atoms with Crippen molar-refractivity contribution < 1.29 is 14.7 Å². The van der Waals surface area contributed by atoms with E-state index in [1.807, 2.05) is 0 Å². The number of hydrogen-bond acceptors (Lipinski definition) is 2. The lowest BCUT2D eigenvalue weighted by molar-refractivity contribution is -0.141. The molecular weight excluding hydrogens is 206 g/mol. The van der Waals surface area contributed by atoms with Gasteiger partial charge in [-0.2, -0.15) is 0 Å². The van der Waals surface area contributed by atoms with E-state index in [4.69, 9.17) is 5.11 Å². The topological polar surface area (TPSA) is 57.6 Å². The minimum Gasteiger partial charge on any atom is -0.480 e. The fraction of sp³-hybridized carbons (Fsp3) is 0.333. The second-order valence-electron chi connectivity index (χ2n) is 3.78. The van der Waals surface area contributed by atoms with Gasteiger partial charge in [-0.3, -0.25) is 4.79 Å². The molecule has 0 bridgehead atoms. The van der Waals surface area contributed by atoms with Crippen molar-refractivity contribution in [2.45, 2.75) is 18.9 Å². The molecule has 1 atom stereocenters. The van der Waals surface area contributed by atoms with E-state index in [1.165, 1.54) is 4.90 Å². The van der Waals surface area contributed by atoms with Gasteiger partial charge in [0.2, 0.25) is 0 Å². The highest BCUT2D eigenvalue weighted by molar-refractivity contribution is 5.96. The summed E-state index contributed by atoms with van der Waals surface area (Å²) in [6.07, 6.45) is 1.29. The minimum absolute atomic E-state index is 0.209. The van der Waals surface area contributed by atoms with Crippen molar-refractivity contribution in [2.75, 3.05) is 6.54 Å². The summed E-state index contributed by atoms with van der Waals surface area (Å²) < 4.78 is 0. The summed E-state index contributed by atoms with van der Waals surface area (Å²) in [6, 6.07) is 8.76. The minimum atomic E-state index is -0.923. The van der Waals surface area contributed by atoms with Gasteiger partial charge in [0.15, 0.2) is 0 Å². The summed E-state index contributed by atoms with van der Waals surface area (Å²) in [5.74, 6) is -1.13. The number of carboxylic acid groups (broad SMARTS) is 1. The van der Waals surface area contributed by atoms with Crippen molar-refractivity contribution in [1.82, 2.24) is 4.90 Å². The summed E-state index contributed by atoms with van der Waals surface area (Å²) in [4.78, 5) is 24.4. The predicted octanol–water partition coefficient (Wildman–Crippen LogP) is 1.18. The van der Waals surface area contributed by atoms with Gasteiger partial charge in [-0.1, -0.05) is 12.1 Å². The molecule has 0 spiro atoms. The molecule has 4 nitrogen and oxygen atoms in total. The number of carboxylic acids is 1. The van der Waals surface area contributed by atoms with Crippen LogP contribution in [0.15, 0.2) is 24.3 Å². The van der Waals surface area contributed by atoms with Crippen LogP contribution in [0.2, 0.25) is 0 Å². The quantitative estimate of drug-likeness (QED) is 0.810. The molecule has 1 aromatic rings. The molecule has 1 fully saturated rings. The van der Waals surface area contributed by atoms with Crippen LogP contribution >= 0.6 is 0 Å². The average Bonchev–Trinajstić information content (AvgIpc) is 2.78. The lowest BCUT2D eigenvalue weighted by Crippen LogP contribution is -2.40. The van der Waals surface area contributed by atoms with Gasteiger partial charge in [0.25, 0.3) is 5.91 Å². The Morgan fingerprint density at radius 1 is 1.38 bits per heavy atom. The molecule has 0 aliphatic carbocycles. The van der Waals surface area contributed by atoms with E-state index in [1.54, 1.807) is 24.3 Å². The highest BCUT2D eigenvalue weighted by Gasteiger charge is 2.34. The van der Waals surface area contributed by atoms with E-state index in [0.717, 1.165) is 6.42 Å². The Morgan fingerprint density at radius 2 is 2.06 bits per heavy atom. The Bertz CT molecular complexity index is 402. The number of benzene rings is 1. The predicted molar refractivity (Wildman–Crippen MR) is 57.0 cm³/mol. The summed E-state index contributed by atoms with van der Waals surface area (Å²) in [7, 11) is 0. The first-order chi connectivity index (χ1) is 7.70. The average molecular weight is 218 g/mol. The van der Waals surface area contributed by atoms with Crippen LogP contribution in [0.5, 0.6) is 0 Å². The van der Waals surface area contributed by atoms with E-state index < -0.39 is 12.0 Å². The number of aliphatic carboxylic acids is 1. The molecule has 16 heavy (non-hydrogen) atoms. The number of likely N-dealkylation sites (tertiary alicyclic amines) is 1. The number of carbonyl (C=O) groups excluding carboxylic acids is 1. The van der Waals surface area contributed by atoms with Crippen molar-refractivity contribution >= 4 is 11.9 Å². The third-order valence-corrected chi connectivity index (χ3v) is 2.76. The standard InChI is InChI=1S/C12H12NO3/c14-11(9-5-2-1-3-6-9)13-8-4-7-10(13)12(15)16/h2-3,5-6,10H,4,7-8H2,(H,15,16)/t10-/m0/s1. The highest BCUT2D eigenvalue weighted by Crippen LogP contribution is 2.20. The van der Waals surface area contributed by atoms with Crippen LogP contribution < -0.4 is 0 Å². The number of rotatable bonds is 2. The zero-order valence-electron chi connectivity index (χ0n) is 8.72. The van der Waals surface area contributed by atoms with Crippen molar-refractivity contribution in [2.24, 2.45) is 0 Å². The van der Waals surface area contributed by atoms with E-state index in [-0.39, 0.29) is 5.91 Å². The molecule has 1 aromatic carbocycles.